The predicted octanol–water partition coefficient (Wildman–Crippen LogP) is 3.77. The van der Waals surface area contributed by atoms with E-state index in [1.807, 2.05) is 81.4 Å². The summed E-state index contributed by atoms with van der Waals surface area (Å²) in [5.41, 5.74) is 1.09. The fourth-order valence-corrected chi connectivity index (χ4v) is 3.36. The van der Waals surface area contributed by atoms with Gasteiger partial charge in [0, 0.05) is 18.8 Å². The van der Waals surface area contributed by atoms with Crippen LogP contribution < -0.4 is 5.32 Å². The number of rotatable bonds is 7. The zero-order chi connectivity index (χ0) is 22.4. The Labute approximate surface area is 183 Å². The number of hydrogen-bond donors (Lipinski definition) is 2. The van der Waals surface area contributed by atoms with E-state index in [-0.39, 0.29) is 17.5 Å². The molecule has 0 radical (unpaired) electrons. The molecule has 0 spiro atoms. The highest BCUT2D eigenvalue weighted by Crippen LogP contribution is 2.29. The number of benzene rings is 2. The molecule has 0 saturated carbocycles. The molecule has 0 bridgehead atoms. The van der Waals surface area contributed by atoms with Gasteiger partial charge in [-0.25, -0.2) is 0 Å². The minimum atomic E-state index is -1.74. The Morgan fingerprint density at radius 3 is 2.13 bits per heavy atom. The van der Waals surface area contributed by atoms with Crippen molar-refractivity contribution in [2.75, 3.05) is 7.05 Å². The fraction of sp³-hybridized carbons (Fsp3) is 0.280. The van der Waals surface area contributed by atoms with Crippen molar-refractivity contribution >= 4 is 12.1 Å². The second kappa shape index (κ2) is 9.62. The predicted molar refractivity (Wildman–Crippen MR) is 122 cm³/mol. The number of oxime groups is 1. The highest BCUT2D eigenvalue weighted by molar-refractivity contribution is 6.01. The number of hydrogen-bond acceptors (Lipinski definition) is 5. The van der Waals surface area contributed by atoms with E-state index in [1.54, 1.807) is 24.1 Å². The first kappa shape index (κ1) is 22.3. The highest BCUT2D eigenvalue weighted by atomic mass is 16.6. The molecular formula is C25H29N3O3. The lowest BCUT2D eigenvalue weighted by molar-refractivity contribution is -0.121. The summed E-state index contributed by atoms with van der Waals surface area (Å²) in [6.45, 7) is 5.59. The molecule has 2 N–H and O–H groups in total. The first-order valence-corrected chi connectivity index (χ1v) is 10.3. The third-order valence-electron chi connectivity index (χ3n) is 5.20. The third kappa shape index (κ3) is 5.03. The van der Waals surface area contributed by atoms with Gasteiger partial charge in [-0.2, -0.15) is 0 Å². The van der Waals surface area contributed by atoms with Gasteiger partial charge in [-0.05, 0) is 44.1 Å². The van der Waals surface area contributed by atoms with Gasteiger partial charge in [-0.3, -0.25) is 4.79 Å². The molecule has 0 saturated heterocycles. The van der Waals surface area contributed by atoms with E-state index in [0.29, 0.717) is 0 Å². The van der Waals surface area contributed by atoms with Gasteiger partial charge in [0.25, 0.3) is 5.91 Å². The molecule has 3 rings (SSSR count). The monoisotopic (exact) mass is 419 g/mol. The molecule has 1 aliphatic heterocycles. The topological polar surface area (TPSA) is 74.2 Å². The Kier molecular flexibility index (Phi) is 6.92. The molecule has 6 nitrogen and oxygen atoms in total. The van der Waals surface area contributed by atoms with Crippen LogP contribution >= 0.6 is 0 Å². The summed E-state index contributed by atoms with van der Waals surface area (Å²) in [4.78, 5) is 20.2. The van der Waals surface area contributed by atoms with E-state index >= 15 is 0 Å². The van der Waals surface area contributed by atoms with Crippen LogP contribution in [0.2, 0.25) is 0 Å². The van der Waals surface area contributed by atoms with Gasteiger partial charge >= 0.3 is 0 Å². The van der Waals surface area contributed by atoms with Crippen LogP contribution in [0.1, 0.15) is 38.0 Å². The van der Waals surface area contributed by atoms with Crippen molar-refractivity contribution in [3.05, 3.63) is 95.2 Å². The van der Waals surface area contributed by atoms with Crippen LogP contribution in [0.5, 0.6) is 0 Å². The van der Waals surface area contributed by atoms with E-state index < -0.39 is 11.8 Å². The van der Waals surface area contributed by atoms with Crippen molar-refractivity contribution in [3.8, 4) is 0 Å². The van der Waals surface area contributed by atoms with Crippen molar-refractivity contribution in [3.63, 3.8) is 0 Å². The number of carbonyl (C=O) groups excluding carboxylic acids is 1. The zero-order valence-electron chi connectivity index (χ0n) is 18.3. The average molecular weight is 420 g/mol. The van der Waals surface area contributed by atoms with Crippen LogP contribution in [-0.2, 0) is 9.63 Å². The SMILES string of the molecule is CC1=CC=C(C(=O)NC(C)C)C(O)(C=NOC(c2ccccc2)c2ccccc2)N1C. The van der Waals surface area contributed by atoms with Crippen LogP contribution in [0.4, 0.5) is 0 Å². The lowest BCUT2D eigenvalue weighted by Crippen LogP contribution is -2.54. The maximum absolute atomic E-state index is 12.7. The molecule has 1 amide bonds. The lowest BCUT2D eigenvalue weighted by Gasteiger charge is -2.39. The molecule has 6 heteroatoms. The normalized spacial score (nSPS) is 18.9. The quantitative estimate of drug-likeness (QED) is 0.529. The number of carbonyl (C=O) groups is 1. The Hall–Kier alpha value is -3.38. The standard InChI is InChI=1S/C25H29N3O3/c1-18(2)27-24(29)22-16-15-19(3)28(4)25(22,30)17-26-31-23(20-11-7-5-8-12-20)21-13-9-6-10-14-21/h5-18,23,30H,1-4H3,(H,27,29). The van der Waals surface area contributed by atoms with Gasteiger partial charge in [-0.1, -0.05) is 65.8 Å². The summed E-state index contributed by atoms with van der Waals surface area (Å²) in [6.07, 6.45) is 4.22. The Morgan fingerprint density at radius 1 is 1.06 bits per heavy atom. The molecule has 0 fully saturated rings. The summed E-state index contributed by atoms with van der Waals surface area (Å²) in [5.74, 6) is -0.359. The fourth-order valence-electron chi connectivity index (χ4n) is 3.36. The number of nitrogens with zero attached hydrogens (tertiary/aromatic N) is 2. The largest absolute Gasteiger partial charge is 0.383 e. The number of nitrogens with one attached hydrogen (secondary N) is 1. The number of likely N-dealkylation sites (N-methyl/N-ethyl adjacent to an activating group) is 1. The zero-order valence-corrected chi connectivity index (χ0v) is 18.3. The number of aliphatic hydroxyl groups is 1. The second-order valence-corrected chi connectivity index (χ2v) is 7.84. The first-order valence-electron chi connectivity index (χ1n) is 10.3. The van der Waals surface area contributed by atoms with Crippen LogP contribution in [0, 0.1) is 0 Å². The molecule has 0 aromatic heterocycles. The molecule has 1 atom stereocenters. The smallest absolute Gasteiger partial charge is 0.252 e. The third-order valence-corrected chi connectivity index (χ3v) is 5.20. The van der Waals surface area contributed by atoms with E-state index in [0.717, 1.165) is 16.8 Å². The van der Waals surface area contributed by atoms with Crippen molar-refractivity contribution < 1.29 is 14.7 Å². The first-order chi connectivity index (χ1) is 14.8. The van der Waals surface area contributed by atoms with Crippen LogP contribution in [-0.4, -0.2) is 40.9 Å². The maximum atomic E-state index is 12.7. The van der Waals surface area contributed by atoms with Gasteiger partial charge in [0.2, 0.25) is 5.72 Å². The summed E-state index contributed by atoms with van der Waals surface area (Å²) in [7, 11) is 1.71. The molecule has 1 heterocycles. The molecule has 0 aliphatic carbocycles. The molecule has 31 heavy (non-hydrogen) atoms. The summed E-state index contributed by atoms with van der Waals surface area (Å²) >= 11 is 0. The van der Waals surface area contributed by atoms with Gasteiger partial charge in [0.15, 0.2) is 6.10 Å². The van der Waals surface area contributed by atoms with Gasteiger partial charge < -0.3 is 20.2 Å². The summed E-state index contributed by atoms with van der Waals surface area (Å²) < 4.78 is 0. The Bertz CT molecular complexity index is 944. The molecule has 162 valence electrons. The van der Waals surface area contributed by atoms with Crippen LogP contribution in [0.25, 0.3) is 0 Å². The van der Waals surface area contributed by atoms with Crippen LogP contribution in [0.15, 0.2) is 89.2 Å². The van der Waals surface area contributed by atoms with Crippen molar-refractivity contribution in [2.24, 2.45) is 5.16 Å². The molecule has 1 aliphatic rings. The number of allylic oxidation sites excluding steroid dienone is 3. The maximum Gasteiger partial charge on any atom is 0.252 e. The molecule has 2 aromatic carbocycles. The molecule has 2 aromatic rings. The highest BCUT2D eigenvalue weighted by Gasteiger charge is 2.41. The molecule has 1 unspecified atom stereocenters. The van der Waals surface area contributed by atoms with E-state index in [1.165, 1.54) is 6.21 Å². The second-order valence-electron chi connectivity index (χ2n) is 7.84. The summed E-state index contributed by atoms with van der Waals surface area (Å²) in [6, 6.07) is 19.4. The van der Waals surface area contributed by atoms with E-state index in [9.17, 15) is 9.90 Å². The average Bonchev–Trinajstić information content (AvgIpc) is 2.76. The van der Waals surface area contributed by atoms with Crippen molar-refractivity contribution in [2.45, 2.75) is 38.6 Å². The molecular weight excluding hydrogens is 390 g/mol. The van der Waals surface area contributed by atoms with E-state index in [2.05, 4.69) is 10.5 Å². The van der Waals surface area contributed by atoms with Crippen molar-refractivity contribution in [1.29, 1.82) is 0 Å². The lowest BCUT2D eigenvalue weighted by atomic mass is 9.96. The minimum absolute atomic E-state index is 0.0660. The van der Waals surface area contributed by atoms with Gasteiger partial charge in [0.1, 0.15) is 6.21 Å². The Balaban J connectivity index is 1.90. The Morgan fingerprint density at radius 2 is 1.61 bits per heavy atom. The number of amides is 1. The van der Waals surface area contributed by atoms with Crippen LogP contribution in [0.3, 0.4) is 0 Å². The minimum Gasteiger partial charge on any atom is -0.383 e. The van der Waals surface area contributed by atoms with Gasteiger partial charge in [0.05, 0.1) is 5.57 Å². The van der Waals surface area contributed by atoms with E-state index in [4.69, 9.17) is 4.84 Å². The summed E-state index contributed by atoms with van der Waals surface area (Å²) in [5, 5.41) is 18.4. The van der Waals surface area contributed by atoms with Gasteiger partial charge in [-0.15, -0.1) is 0 Å². The van der Waals surface area contributed by atoms with Crippen molar-refractivity contribution in [1.82, 2.24) is 10.2 Å².